The van der Waals surface area contributed by atoms with Gasteiger partial charge < -0.3 is 9.64 Å². The van der Waals surface area contributed by atoms with Crippen LogP contribution in [-0.4, -0.2) is 12.5 Å². The van der Waals surface area contributed by atoms with E-state index in [0.717, 1.165) is 18.1 Å². The fourth-order valence-corrected chi connectivity index (χ4v) is 6.00. The molecule has 0 N–H and O–H groups in total. The molecule has 2 aromatic carbocycles. The molecule has 0 radical (unpaired) electrons. The third kappa shape index (κ3) is 5.29. The third-order valence-electron chi connectivity index (χ3n) is 5.17. The number of aromatic nitrogens is 1. The Kier molecular flexibility index (Phi) is 7.47. The molecule has 2 heterocycles. The topological polar surface area (TPSA) is 33.4 Å². The number of aryl methyl sites for hydroxylation is 1. The number of benzene rings is 2. The van der Waals surface area contributed by atoms with Crippen molar-refractivity contribution in [2.24, 2.45) is 0 Å². The van der Waals surface area contributed by atoms with Crippen molar-refractivity contribution >= 4 is 51.0 Å². The number of hydrogen-bond acceptors (Lipinski definition) is 5. The molecule has 0 unspecified atom stereocenters. The summed E-state index contributed by atoms with van der Waals surface area (Å²) >= 11 is 3.49. The van der Waals surface area contributed by atoms with Crippen molar-refractivity contribution in [2.45, 2.75) is 32.2 Å². The van der Waals surface area contributed by atoms with Gasteiger partial charge in [-0.1, -0.05) is 59.5 Å². The first-order valence-corrected chi connectivity index (χ1v) is 12.6. The maximum atomic E-state index is 11.6. The Hall–Kier alpha value is -3.09. The lowest BCUT2D eigenvalue weighted by Crippen LogP contribution is -2.33. The van der Waals surface area contributed by atoms with E-state index in [1.54, 1.807) is 23.1 Å². The van der Waals surface area contributed by atoms with Gasteiger partial charge in [0, 0.05) is 30.5 Å². The number of carbonyl (C=O) groups excluding carboxylic acids is 1. The molecule has 0 aliphatic carbocycles. The quantitative estimate of drug-likeness (QED) is 0.165. The van der Waals surface area contributed by atoms with Gasteiger partial charge in [-0.05, 0) is 50.3 Å². The highest BCUT2D eigenvalue weighted by Gasteiger charge is 2.22. The zero-order valence-corrected chi connectivity index (χ0v) is 20.7. The van der Waals surface area contributed by atoms with Crippen molar-refractivity contribution in [3.63, 3.8) is 0 Å². The molecular weight excluding hydrogens is 448 g/mol. The van der Waals surface area contributed by atoms with E-state index in [9.17, 15) is 4.79 Å². The van der Waals surface area contributed by atoms with E-state index < -0.39 is 0 Å². The number of carbonyl (C=O) groups is 1. The number of rotatable bonds is 7. The lowest BCUT2D eigenvalue weighted by atomic mass is 10.3. The molecule has 1 aliphatic heterocycles. The number of fused-ring (bicyclic) bond motifs is 2. The number of thiazole rings is 1. The van der Waals surface area contributed by atoms with Gasteiger partial charge in [0.1, 0.15) is 17.0 Å². The van der Waals surface area contributed by atoms with Crippen LogP contribution in [0, 0.1) is 0 Å². The molecule has 1 aromatic heterocycles. The standard InChI is InChI=1S/C27H27N2O2S2/c1-4-28-22-13-7-9-15-24(22)32-26(28)17-11-6-12-21(31-20(3)30)18-19-27-29(5-2)23-14-8-10-16-25(23)33-27/h6-19H,4-5H2,1-3H3/q+1. The molecule has 33 heavy (non-hydrogen) atoms. The summed E-state index contributed by atoms with van der Waals surface area (Å²) in [4.78, 5) is 15.2. The number of thioether (sulfide) groups is 1. The molecule has 4 nitrogen and oxygen atoms in total. The first kappa shape index (κ1) is 23.1. The number of esters is 1. The fraction of sp³-hybridized carbons (Fsp3) is 0.185. The van der Waals surface area contributed by atoms with Gasteiger partial charge in [-0.15, -0.1) is 0 Å². The Labute approximate surface area is 203 Å². The summed E-state index contributed by atoms with van der Waals surface area (Å²) in [5, 5.41) is 2.30. The number of hydrogen-bond donors (Lipinski definition) is 0. The molecule has 3 aromatic rings. The summed E-state index contributed by atoms with van der Waals surface area (Å²) in [6.07, 6.45) is 11.7. The SMILES string of the molecule is CCN1C(=CC=CC=C(C=Cc2sc3ccccc3[n+]2CC)OC(C)=O)Sc2ccccc21. The van der Waals surface area contributed by atoms with Crippen LogP contribution in [0.4, 0.5) is 5.69 Å². The van der Waals surface area contributed by atoms with Gasteiger partial charge >= 0.3 is 5.97 Å². The normalized spacial score (nSPS) is 15.3. The smallest absolute Gasteiger partial charge is 0.308 e. The minimum absolute atomic E-state index is 0.337. The number of anilines is 1. The second-order valence-electron chi connectivity index (χ2n) is 7.35. The molecule has 0 saturated carbocycles. The lowest BCUT2D eigenvalue weighted by Gasteiger charge is -2.17. The Balaban J connectivity index is 1.55. The minimum atomic E-state index is -0.337. The number of nitrogens with zero attached hydrogens (tertiary/aromatic N) is 2. The highest BCUT2D eigenvalue weighted by molar-refractivity contribution is 8.03. The van der Waals surface area contributed by atoms with Crippen molar-refractivity contribution in [2.75, 3.05) is 11.4 Å². The van der Waals surface area contributed by atoms with Crippen LogP contribution in [0.25, 0.3) is 16.3 Å². The Morgan fingerprint density at radius 3 is 2.67 bits per heavy atom. The molecule has 1 aliphatic rings. The molecule has 0 atom stereocenters. The number of para-hydroxylation sites is 2. The van der Waals surface area contributed by atoms with Crippen molar-refractivity contribution in [1.29, 1.82) is 0 Å². The summed E-state index contributed by atoms with van der Waals surface area (Å²) in [6.45, 7) is 7.49. The van der Waals surface area contributed by atoms with Gasteiger partial charge in [-0.25, -0.2) is 0 Å². The summed E-state index contributed by atoms with van der Waals surface area (Å²) in [5.41, 5.74) is 2.46. The number of allylic oxidation sites excluding steroid dienone is 5. The van der Waals surface area contributed by atoms with Gasteiger partial charge in [0.15, 0.2) is 0 Å². The Bertz CT molecular complexity index is 1280. The van der Waals surface area contributed by atoms with Crippen LogP contribution in [0.2, 0.25) is 0 Å². The van der Waals surface area contributed by atoms with E-state index in [-0.39, 0.29) is 5.97 Å². The highest BCUT2D eigenvalue weighted by atomic mass is 32.2. The molecule has 6 heteroatoms. The van der Waals surface area contributed by atoms with E-state index in [0.29, 0.717) is 5.76 Å². The summed E-state index contributed by atoms with van der Waals surface area (Å²) in [7, 11) is 0. The minimum Gasteiger partial charge on any atom is -0.427 e. The summed E-state index contributed by atoms with van der Waals surface area (Å²) < 4.78 is 8.92. The Morgan fingerprint density at radius 2 is 1.88 bits per heavy atom. The zero-order valence-electron chi connectivity index (χ0n) is 19.0. The maximum Gasteiger partial charge on any atom is 0.308 e. The fourth-order valence-electron chi connectivity index (χ4n) is 3.74. The Morgan fingerprint density at radius 1 is 1.09 bits per heavy atom. The molecule has 0 spiro atoms. The van der Waals surface area contributed by atoms with E-state index >= 15 is 0 Å². The molecule has 0 saturated heterocycles. The highest BCUT2D eigenvalue weighted by Crippen LogP contribution is 2.45. The van der Waals surface area contributed by atoms with E-state index in [2.05, 4.69) is 77.9 Å². The van der Waals surface area contributed by atoms with Crippen molar-refractivity contribution < 1.29 is 14.1 Å². The predicted molar refractivity (Wildman–Crippen MR) is 139 cm³/mol. The van der Waals surface area contributed by atoms with Gasteiger partial charge in [-0.3, -0.25) is 4.79 Å². The van der Waals surface area contributed by atoms with E-state index in [1.165, 1.54) is 32.8 Å². The van der Waals surface area contributed by atoms with E-state index in [4.69, 9.17) is 4.74 Å². The van der Waals surface area contributed by atoms with Gasteiger partial charge in [0.05, 0.1) is 10.7 Å². The van der Waals surface area contributed by atoms with Crippen LogP contribution in [0.1, 0.15) is 25.8 Å². The predicted octanol–water partition coefficient (Wildman–Crippen LogP) is 6.70. The average molecular weight is 476 g/mol. The zero-order chi connectivity index (χ0) is 23.2. The molecule has 168 valence electrons. The molecule has 4 rings (SSSR count). The molecular formula is C27H27N2O2S2+. The van der Waals surface area contributed by atoms with Crippen LogP contribution >= 0.6 is 23.1 Å². The van der Waals surface area contributed by atoms with Crippen LogP contribution in [0.5, 0.6) is 0 Å². The molecule has 0 bridgehead atoms. The first-order chi connectivity index (χ1) is 16.1. The van der Waals surface area contributed by atoms with Crippen molar-refractivity contribution in [3.8, 4) is 0 Å². The largest absolute Gasteiger partial charge is 0.427 e. The van der Waals surface area contributed by atoms with Gasteiger partial charge in [-0.2, -0.15) is 4.57 Å². The maximum absolute atomic E-state index is 11.6. The number of ether oxygens (including phenoxy) is 1. The van der Waals surface area contributed by atoms with E-state index in [1.807, 2.05) is 30.4 Å². The van der Waals surface area contributed by atoms with Crippen LogP contribution in [0.3, 0.4) is 0 Å². The van der Waals surface area contributed by atoms with Gasteiger partial charge in [0.2, 0.25) is 5.52 Å². The molecule has 0 fully saturated rings. The van der Waals surface area contributed by atoms with Crippen LogP contribution in [0.15, 0.2) is 94.6 Å². The van der Waals surface area contributed by atoms with Crippen LogP contribution in [-0.2, 0) is 16.1 Å². The monoisotopic (exact) mass is 475 g/mol. The van der Waals surface area contributed by atoms with Crippen molar-refractivity contribution in [3.05, 3.63) is 94.7 Å². The van der Waals surface area contributed by atoms with Gasteiger partial charge in [0.25, 0.3) is 5.01 Å². The van der Waals surface area contributed by atoms with Crippen molar-refractivity contribution in [1.82, 2.24) is 0 Å². The first-order valence-electron chi connectivity index (χ1n) is 11.0. The average Bonchev–Trinajstić information content (AvgIpc) is 3.36. The lowest BCUT2D eigenvalue weighted by molar-refractivity contribution is -0.665. The summed E-state index contributed by atoms with van der Waals surface area (Å²) in [6, 6.07) is 16.8. The second-order valence-corrected chi connectivity index (χ2v) is 9.48. The second kappa shape index (κ2) is 10.7. The summed E-state index contributed by atoms with van der Waals surface area (Å²) in [5.74, 6) is 0.170. The van der Waals surface area contributed by atoms with Crippen LogP contribution < -0.4 is 9.47 Å². The molecule has 0 amide bonds. The third-order valence-corrected chi connectivity index (χ3v) is 7.43.